The van der Waals surface area contributed by atoms with Crippen LogP contribution < -0.4 is 10.6 Å². The predicted octanol–water partition coefficient (Wildman–Crippen LogP) is 4.27. The van der Waals surface area contributed by atoms with Crippen LogP contribution in [0.4, 0.5) is 16.2 Å². The second-order valence-electron chi connectivity index (χ2n) is 4.25. The summed E-state index contributed by atoms with van der Waals surface area (Å²) < 4.78 is 0.790. The summed E-state index contributed by atoms with van der Waals surface area (Å²) in [6.07, 6.45) is 0. The van der Waals surface area contributed by atoms with E-state index in [0.717, 1.165) is 10.0 Å². The van der Waals surface area contributed by atoms with Gasteiger partial charge in [-0.3, -0.25) is 0 Å². The fourth-order valence-corrected chi connectivity index (χ4v) is 2.00. The van der Waals surface area contributed by atoms with E-state index < -0.39 is 0 Å². The minimum atomic E-state index is -0.382. The zero-order valence-electron chi connectivity index (χ0n) is 10.8. The summed E-state index contributed by atoms with van der Waals surface area (Å²) in [7, 11) is 0. The molecule has 0 radical (unpaired) electrons. The van der Waals surface area contributed by atoms with Gasteiger partial charge in [0.2, 0.25) is 0 Å². The molecule has 100 valence electrons. The van der Waals surface area contributed by atoms with Gasteiger partial charge in [0.1, 0.15) is 6.07 Å². The van der Waals surface area contributed by atoms with Crippen LogP contribution in [0.3, 0.4) is 0 Å². The third-order valence-corrected chi connectivity index (χ3v) is 3.15. The van der Waals surface area contributed by atoms with Crippen molar-refractivity contribution in [2.75, 3.05) is 10.6 Å². The third kappa shape index (κ3) is 3.59. The molecule has 0 aliphatic heterocycles. The monoisotopic (exact) mass is 329 g/mol. The summed E-state index contributed by atoms with van der Waals surface area (Å²) >= 11 is 3.28. The summed E-state index contributed by atoms with van der Waals surface area (Å²) in [5, 5.41) is 14.4. The fourth-order valence-electron chi connectivity index (χ4n) is 1.64. The van der Waals surface area contributed by atoms with Gasteiger partial charge in [-0.05, 0) is 37.3 Å². The number of hydrogen-bond donors (Lipinski definition) is 2. The zero-order chi connectivity index (χ0) is 14.5. The molecule has 0 fully saturated rings. The van der Waals surface area contributed by atoms with Crippen LogP contribution in [0, 0.1) is 18.3 Å². The Balaban J connectivity index is 2.09. The number of anilines is 2. The van der Waals surface area contributed by atoms with Crippen molar-refractivity contribution in [3.05, 3.63) is 58.1 Å². The second-order valence-corrected chi connectivity index (χ2v) is 5.16. The molecule has 0 spiro atoms. The number of urea groups is 1. The van der Waals surface area contributed by atoms with Crippen LogP contribution in [-0.2, 0) is 0 Å². The van der Waals surface area contributed by atoms with Gasteiger partial charge in [0.15, 0.2) is 0 Å². The van der Waals surface area contributed by atoms with Gasteiger partial charge in [0.25, 0.3) is 0 Å². The first-order valence-electron chi connectivity index (χ1n) is 5.93. The summed E-state index contributed by atoms with van der Waals surface area (Å²) in [4.78, 5) is 11.9. The number of aryl methyl sites for hydroxylation is 1. The average molecular weight is 330 g/mol. The number of halogens is 1. The van der Waals surface area contributed by atoms with E-state index in [1.54, 1.807) is 18.2 Å². The van der Waals surface area contributed by atoms with Gasteiger partial charge in [0, 0.05) is 10.2 Å². The minimum absolute atomic E-state index is 0.382. The van der Waals surface area contributed by atoms with E-state index >= 15 is 0 Å². The van der Waals surface area contributed by atoms with Crippen molar-refractivity contribution < 1.29 is 4.79 Å². The normalized spacial score (nSPS) is 9.65. The van der Waals surface area contributed by atoms with E-state index in [-0.39, 0.29) is 6.03 Å². The van der Waals surface area contributed by atoms with Crippen LogP contribution in [0.2, 0.25) is 0 Å². The number of carbonyl (C=O) groups is 1. The highest BCUT2D eigenvalue weighted by Crippen LogP contribution is 2.20. The van der Waals surface area contributed by atoms with Crippen molar-refractivity contribution in [3.63, 3.8) is 0 Å². The Labute approximate surface area is 125 Å². The second kappa shape index (κ2) is 6.22. The molecule has 20 heavy (non-hydrogen) atoms. The number of amides is 2. The van der Waals surface area contributed by atoms with Gasteiger partial charge >= 0.3 is 6.03 Å². The van der Waals surface area contributed by atoms with Gasteiger partial charge in [0.05, 0.1) is 11.3 Å². The molecule has 2 rings (SSSR count). The summed E-state index contributed by atoms with van der Waals surface area (Å²) in [6.45, 7) is 1.98. The summed E-state index contributed by atoms with van der Waals surface area (Å²) in [6, 6.07) is 14.2. The average Bonchev–Trinajstić information content (AvgIpc) is 2.43. The quantitative estimate of drug-likeness (QED) is 0.863. The molecule has 5 heteroatoms. The molecule has 2 amide bonds. The third-order valence-electron chi connectivity index (χ3n) is 2.66. The zero-order valence-corrected chi connectivity index (χ0v) is 12.4. The highest BCUT2D eigenvalue weighted by atomic mass is 79.9. The maximum Gasteiger partial charge on any atom is 0.323 e. The van der Waals surface area contributed by atoms with Crippen molar-refractivity contribution in [2.24, 2.45) is 0 Å². The number of nitrogens with zero attached hydrogens (tertiary/aromatic N) is 1. The van der Waals surface area contributed by atoms with Gasteiger partial charge < -0.3 is 10.6 Å². The molecule has 0 bridgehead atoms. The van der Waals surface area contributed by atoms with Crippen LogP contribution in [-0.4, -0.2) is 6.03 Å². The smallest absolute Gasteiger partial charge is 0.308 e. The van der Waals surface area contributed by atoms with Gasteiger partial charge in [-0.2, -0.15) is 5.26 Å². The molecular weight excluding hydrogens is 318 g/mol. The van der Waals surface area contributed by atoms with Crippen LogP contribution >= 0.6 is 15.9 Å². The first-order valence-corrected chi connectivity index (χ1v) is 6.72. The maximum atomic E-state index is 11.9. The molecule has 0 saturated heterocycles. The highest BCUT2D eigenvalue weighted by molar-refractivity contribution is 9.10. The Kier molecular flexibility index (Phi) is 4.38. The Hall–Kier alpha value is -2.32. The molecule has 2 N–H and O–H groups in total. The van der Waals surface area contributed by atoms with Crippen molar-refractivity contribution in [1.82, 2.24) is 0 Å². The lowest BCUT2D eigenvalue weighted by Crippen LogP contribution is -2.20. The highest BCUT2D eigenvalue weighted by Gasteiger charge is 2.07. The summed E-state index contributed by atoms with van der Waals surface area (Å²) in [5.41, 5.74) is 2.69. The van der Waals surface area contributed by atoms with Crippen LogP contribution in [0.25, 0.3) is 0 Å². The topological polar surface area (TPSA) is 64.9 Å². The lowest BCUT2D eigenvalue weighted by molar-refractivity contribution is 0.262. The molecule has 0 heterocycles. The Bertz CT molecular complexity index is 675. The molecular formula is C15H12BrN3O. The predicted molar refractivity (Wildman–Crippen MR) is 82.7 cm³/mol. The number of hydrogen-bond acceptors (Lipinski definition) is 2. The molecule has 2 aromatic rings. The Morgan fingerprint density at radius 1 is 1.15 bits per heavy atom. The van der Waals surface area contributed by atoms with E-state index in [1.807, 2.05) is 37.3 Å². The number of carbonyl (C=O) groups excluding carboxylic acids is 1. The molecule has 0 aromatic heterocycles. The van der Waals surface area contributed by atoms with Gasteiger partial charge in [-0.25, -0.2) is 4.79 Å². The SMILES string of the molecule is Cc1ccc(NC(=O)Nc2ccc(Br)cc2C#N)cc1. The number of benzene rings is 2. The number of rotatable bonds is 2. The van der Waals surface area contributed by atoms with E-state index in [0.29, 0.717) is 16.9 Å². The molecule has 0 unspecified atom stereocenters. The largest absolute Gasteiger partial charge is 0.323 e. The Morgan fingerprint density at radius 2 is 1.85 bits per heavy atom. The van der Waals surface area contributed by atoms with Crippen molar-refractivity contribution in [2.45, 2.75) is 6.92 Å². The first-order chi connectivity index (χ1) is 9.58. The summed E-state index contributed by atoms with van der Waals surface area (Å²) in [5.74, 6) is 0. The number of nitrogens with one attached hydrogen (secondary N) is 2. The lowest BCUT2D eigenvalue weighted by Gasteiger charge is -2.09. The van der Waals surface area contributed by atoms with E-state index in [1.165, 1.54) is 0 Å². The van der Waals surface area contributed by atoms with E-state index in [4.69, 9.17) is 5.26 Å². The minimum Gasteiger partial charge on any atom is -0.308 e. The van der Waals surface area contributed by atoms with E-state index in [9.17, 15) is 4.79 Å². The fraction of sp³-hybridized carbons (Fsp3) is 0.0667. The molecule has 0 aliphatic rings. The first kappa shape index (κ1) is 14.1. The van der Waals surface area contributed by atoms with Gasteiger partial charge in [-0.15, -0.1) is 0 Å². The van der Waals surface area contributed by atoms with Crippen LogP contribution in [0.5, 0.6) is 0 Å². The Morgan fingerprint density at radius 3 is 2.50 bits per heavy atom. The van der Waals surface area contributed by atoms with E-state index in [2.05, 4.69) is 26.6 Å². The molecule has 0 saturated carbocycles. The molecule has 4 nitrogen and oxygen atoms in total. The van der Waals surface area contributed by atoms with Crippen LogP contribution in [0.1, 0.15) is 11.1 Å². The standard InChI is InChI=1S/C15H12BrN3O/c1-10-2-5-13(6-3-10)18-15(20)19-14-7-4-12(16)8-11(14)9-17/h2-8H,1H3,(H2,18,19,20). The molecule has 0 atom stereocenters. The molecule has 0 aliphatic carbocycles. The van der Waals surface area contributed by atoms with Crippen LogP contribution in [0.15, 0.2) is 46.9 Å². The maximum absolute atomic E-state index is 11.9. The van der Waals surface area contributed by atoms with Gasteiger partial charge in [-0.1, -0.05) is 33.6 Å². The lowest BCUT2D eigenvalue weighted by atomic mass is 10.2. The van der Waals surface area contributed by atoms with Crippen molar-refractivity contribution in [1.29, 1.82) is 5.26 Å². The number of nitriles is 1. The van der Waals surface area contributed by atoms with Crippen molar-refractivity contribution >= 4 is 33.3 Å². The van der Waals surface area contributed by atoms with Crippen molar-refractivity contribution in [3.8, 4) is 6.07 Å². The molecule has 2 aromatic carbocycles.